The molecule has 2 bridgehead atoms. The van der Waals surface area contributed by atoms with Crippen molar-refractivity contribution in [1.29, 1.82) is 0 Å². The maximum atomic E-state index is 13.4. The van der Waals surface area contributed by atoms with E-state index in [0.29, 0.717) is 29.7 Å². The molecule has 3 aromatic rings. The quantitative estimate of drug-likeness (QED) is 0.519. The van der Waals surface area contributed by atoms with Crippen molar-refractivity contribution in [3.05, 3.63) is 52.8 Å². The predicted molar refractivity (Wildman–Crippen MR) is 135 cm³/mol. The average Bonchev–Trinajstić information content (AvgIpc) is 3.40. The standard InChI is InChI=1S/C26H29N7O2/c1-16-12-18-13-22(29-16)20-15-28-32(2)25(20)35-11-5-3-4-10-33-23-19-8-9-27-14-17(19)6-7-21(23)30-26(33)31-24(18)34/h6-7,12-13,15,27H,3-5,8-11,14H2,1-2H3,(H,30,31,34). The number of pyridine rings is 1. The van der Waals surface area contributed by atoms with Crippen molar-refractivity contribution in [2.24, 2.45) is 12.0 Å². The van der Waals surface area contributed by atoms with Crippen LogP contribution in [0.1, 0.15) is 46.4 Å². The summed E-state index contributed by atoms with van der Waals surface area (Å²) in [6.45, 7) is 5.09. The first-order valence-electron chi connectivity index (χ1n) is 12.3. The van der Waals surface area contributed by atoms with Crippen molar-refractivity contribution in [1.82, 2.24) is 20.1 Å². The summed E-state index contributed by atoms with van der Waals surface area (Å²) in [5, 5.41) is 11.2. The molecule has 0 radical (unpaired) electrons. The summed E-state index contributed by atoms with van der Waals surface area (Å²) in [7, 11) is 1.86. The molecule has 0 aliphatic carbocycles. The van der Waals surface area contributed by atoms with Crippen molar-refractivity contribution in [3.8, 4) is 17.1 Å². The molecule has 1 amide bonds. The molecule has 3 aliphatic rings. The molecule has 35 heavy (non-hydrogen) atoms. The number of nitrogens with zero attached hydrogens (tertiary/aromatic N) is 5. The smallest absolute Gasteiger partial charge is 0.280 e. The van der Waals surface area contributed by atoms with E-state index >= 15 is 0 Å². The summed E-state index contributed by atoms with van der Waals surface area (Å²) in [5.41, 5.74) is 7.52. The third-order valence-electron chi connectivity index (χ3n) is 6.85. The number of aromatic nitrogens is 3. The van der Waals surface area contributed by atoms with E-state index in [1.807, 2.05) is 14.0 Å². The number of benzene rings is 1. The van der Waals surface area contributed by atoms with Gasteiger partial charge in [-0.3, -0.25) is 9.78 Å². The van der Waals surface area contributed by atoms with Gasteiger partial charge in [-0.15, -0.1) is 0 Å². The molecule has 0 saturated carbocycles. The zero-order valence-electron chi connectivity index (χ0n) is 20.1. The van der Waals surface area contributed by atoms with Crippen molar-refractivity contribution < 1.29 is 9.53 Å². The van der Waals surface area contributed by atoms with E-state index in [-0.39, 0.29) is 5.91 Å². The second-order valence-electron chi connectivity index (χ2n) is 9.32. The molecule has 6 rings (SSSR count). The minimum absolute atomic E-state index is 0.297. The number of aryl methyl sites for hydroxylation is 2. The van der Waals surface area contributed by atoms with Crippen molar-refractivity contribution in [2.45, 2.75) is 39.2 Å². The molecule has 0 fully saturated rings. The van der Waals surface area contributed by atoms with E-state index in [9.17, 15) is 4.79 Å². The Balaban J connectivity index is 1.43. The highest BCUT2D eigenvalue weighted by Crippen LogP contribution is 2.39. The fraction of sp³-hybridized carbons (Fsp3) is 0.385. The van der Waals surface area contributed by atoms with Gasteiger partial charge in [0.1, 0.15) is 0 Å². The maximum absolute atomic E-state index is 13.4. The lowest BCUT2D eigenvalue weighted by molar-refractivity contribution is 0.100. The Morgan fingerprint density at radius 2 is 2.06 bits per heavy atom. The summed E-state index contributed by atoms with van der Waals surface area (Å²) in [6.07, 6.45) is 5.59. The van der Waals surface area contributed by atoms with Gasteiger partial charge in [-0.05, 0) is 68.5 Å². The minimum atomic E-state index is -0.297. The molecule has 0 atom stereocenters. The van der Waals surface area contributed by atoms with Crippen LogP contribution in [-0.4, -0.2) is 46.3 Å². The fourth-order valence-electron chi connectivity index (χ4n) is 5.15. The van der Waals surface area contributed by atoms with E-state index < -0.39 is 0 Å². The molecule has 0 saturated heterocycles. The molecule has 0 spiro atoms. The largest absolute Gasteiger partial charge is 0.477 e. The van der Waals surface area contributed by atoms with Gasteiger partial charge < -0.3 is 20.3 Å². The van der Waals surface area contributed by atoms with Crippen LogP contribution in [0, 0.1) is 6.92 Å². The number of ether oxygens (including phenoxy) is 1. The summed E-state index contributed by atoms with van der Waals surface area (Å²) >= 11 is 0. The second kappa shape index (κ2) is 8.81. The van der Waals surface area contributed by atoms with Crippen LogP contribution in [0.25, 0.3) is 11.3 Å². The minimum Gasteiger partial charge on any atom is -0.477 e. The molecular formula is C26H29N7O2. The first-order valence-corrected chi connectivity index (χ1v) is 12.3. The number of nitrogens with one attached hydrogen (secondary N) is 2. The van der Waals surface area contributed by atoms with Gasteiger partial charge in [0.05, 0.1) is 35.4 Å². The molecule has 9 nitrogen and oxygen atoms in total. The van der Waals surface area contributed by atoms with E-state index in [2.05, 4.69) is 42.7 Å². The van der Waals surface area contributed by atoms with E-state index in [1.165, 1.54) is 16.8 Å². The number of anilines is 2. The highest BCUT2D eigenvalue weighted by atomic mass is 16.5. The Morgan fingerprint density at radius 3 is 2.97 bits per heavy atom. The molecular weight excluding hydrogens is 442 g/mol. The van der Waals surface area contributed by atoms with Crippen molar-refractivity contribution in [2.75, 3.05) is 29.9 Å². The van der Waals surface area contributed by atoms with Crippen LogP contribution in [-0.2, 0) is 20.0 Å². The highest BCUT2D eigenvalue weighted by molar-refractivity contribution is 6.19. The fourth-order valence-corrected chi connectivity index (χ4v) is 5.15. The van der Waals surface area contributed by atoms with Crippen LogP contribution in [0.3, 0.4) is 0 Å². The third-order valence-corrected chi connectivity index (χ3v) is 6.85. The number of carbonyl (C=O) groups excluding carboxylic acids is 1. The molecule has 5 heterocycles. The zero-order valence-corrected chi connectivity index (χ0v) is 20.1. The zero-order chi connectivity index (χ0) is 23.9. The van der Waals surface area contributed by atoms with Gasteiger partial charge in [-0.2, -0.15) is 10.1 Å². The first-order chi connectivity index (χ1) is 17.1. The predicted octanol–water partition coefficient (Wildman–Crippen LogP) is 3.43. The Bertz CT molecular complexity index is 1340. The summed E-state index contributed by atoms with van der Waals surface area (Å²) in [4.78, 5) is 24.9. The molecule has 2 N–H and O–H groups in total. The molecule has 180 valence electrons. The number of rotatable bonds is 0. The van der Waals surface area contributed by atoms with E-state index in [1.54, 1.807) is 23.0 Å². The monoisotopic (exact) mass is 471 g/mol. The topological polar surface area (TPSA) is 96.7 Å². The van der Waals surface area contributed by atoms with Crippen LogP contribution in [0.2, 0.25) is 0 Å². The Hall–Kier alpha value is -3.72. The number of hydrogen-bond donors (Lipinski definition) is 2. The lowest BCUT2D eigenvalue weighted by atomic mass is 9.97. The van der Waals surface area contributed by atoms with Crippen molar-refractivity contribution in [3.63, 3.8) is 0 Å². The number of aliphatic imine (C=N–C) groups is 1. The Kier molecular flexibility index (Phi) is 5.49. The van der Waals surface area contributed by atoms with Gasteiger partial charge in [0.2, 0.25) is 11.8 Å². The van der Waals surface area contributed by atoms with Crippen LogP contribution < -0.4 is 20.3 Å². The molecule has 9 heteroatoms. The van der Waals surface area contributed by atoms with Gasteiger partial charge in [0, 0.05) is 31.4 Å². The van der Waals surface area contributed by atoms with Gasteiger partial charge >= 0.3 is 0 Å². The first kappa shape index (κ1) is 21.8. The molecule has 0 unspecified atom stereocenters. The second-order valence-corrected chi connectivity index (χ2v) is 9.32. The lowest BCUT2D eigenvalue weighted by Gasteiger charge is -2.25. The number of fused-ring (bicyclic) bond motifs is 9. The number of guanidine groups is 1. The summed E-state index contributed by atoms with van der Waals surface area (Å²) in [6, 6.07) is 7.84. The van der Waals surface area contributed by atoms with E-state index in [0.717, 1.165) is 62.3 Å². The van der Waals surface area contributed by atoms with Crippen LogP contribution in [0.4, 0.5) is 11.4 Å². The Labute approximate surface area is 204 Å². The van der Waals surface area contributed by atoms with Gasteiger partial charge in [-0.25, -0.2) is 4.68 Å². The van der Waals surface area contributed by atoms with Gasteiger partial charge in [-0.1, -0.05) is 6.07 Å². The van der Waals surface area contributed by atoms with Crippen LogP contribution in [0.5, 0.6) is 5.88 Å². The van der Waals surface area contributed by atoms with Crippen LogP contribution >= 0.6 is 0 Å². The van der Waals surface area contributed by atoms with Gasteiger partial charge in [0.15, 0.2) is 0 Å². The maximum Gasteiger partial charge on any atom is 0.280 e. The number of hydrogen-bond acceptors (Lipinski definition) is 7. The lowest BCUT2D eigenvalue weighted by Crippen LogP contribution is -2.34. The summed E-state index contributed by atoms with van der Waals surface area (Å²) < 4.78 is 7.85. The van der Waals surface area contributed by atoms with Gasteiger partial charge in [0.25, 0.3) is 5.91 Å². The van der Waals surface area contributed by atoms with E-state index in [4.69, 9.17) is 4.74 Å². The third kappa shape index (κ3) is 3.95. The molecule has 2 aromatic heterocycles. The van der Waals surface area contributed by atoms with Crippen molar-refractivity contribution >= 4 is 23.2 Å². The molecule has 1 aromatic carbocycles. The highest BCUT2D eigenvalue weighted by Gasteiger charge is 2.31. The number of carbonyl (C=O) groups is 1. The normalized spacial score (nSPS) is 19.1. The Morgan fingerprint density at radius 1 is 1.14 bits per heavy atom. The summed E-state index contributed by atoms with van der Waals surface area (Å²) in [5.74, 6) is 0.967. The SMILES string of the molecule is Cc1cc2cc(n1)-c1cnn(C)c1OCCCCCN1/C(=N\C2=O)Nc2ccc3c(c21)CCNC3. The van der Waals surface area contributed by atoms with Crippen LogP contribution in [0.15, 0.2) is 35.5 Å². The number of amides is 1. The average molecular weight is 472 g/mol. The molecule has 3 aliphatic heterocycles.